The molecule has 0 atom stereocenters. The maximum atomic E-state index is 11.9. The topological polar surface area (TPSA) is 54.6 Å². The van der Waals surface area contributed by atoms with Crippen molar-refractivity contribution in [2.75, 3.05) is 0 Å². The maximum Gasteiger partial charge on any atom is 0.264 e. The molecule has 1 aliphatic heterocycles. The summed E-state index contributed by atoms with van der Waals surface area (Å²) in [6, 6.07) is 13.2. The number of para-hydroxylation sites is 1. The highest BCUT2D eigenvalue weighted by Gasteiger charge is 2.24. The van der Waals surface area contributed by atoms with Crippen molar-refractivity contribution in [2.24, 2.45) is 4.99 Å². The van der Waals surface area contributed by atoms with Crippen molar-refractivity contribution in [2.45, 2.75) is 0 Å². The molecule has 100 valence electrons. The van der Waals surface area contributed by atoms with Crippen molar-refractivity contribution >= 4 is 57.2 Å². The van der Waals surface area contributed by atoms with Crippen LogP contribution in [0.3, 0.4) is 0 Å². The molecule has 2 aromatic rings. The van der Waals surface area contributed by atoms with Crippen molar-refractivity contribution in [1.29, 1.82) is 0 Å². The van der Waals surface area contributed by atoms with Gasteiger partial charge in [0, 0.05) is 6.08 Å². The predicted octanol–water partition coefficient (Wildman–Crippen LogP) is 3.78. The smallest absolute Gasteiger partial charge is 0.264 e. The van der Waals surface area contributed by atoms with Gasteiger partial charge in [-0.25, -0.2) is 4.99 Å². The molecule has 0 bridgehead atoms. The Morgan fingerprint density at radius 3 is 2.70 bits per heavy atom. The van der Waals surface area contributed by atoms with Crippen LogP contribution in [0.15, 0.2) is 56.8 Å². The molecule has 0 saturated carbocycles. The molecular formula is C14H9IN2O2S. The van der Waals surface area contributed by atoms with Crippen LogP contribution >= 0.6 is 34.4 Å². The van der Waals surface area contributed by atoms with Crippen molar-refractivity contribution < 1.29 is 9.21 Å². The van der Waals surface area contributed by atoms with E-state index in [2.05, 4.69) is 32.9 Å². The summed E-state index contributed by atoms with van der Waals surface area (Å²) in [5, 5.41) is 3.32. The molecule has 3 rings (SSSR count). The Kier molecular flexibility index (Phi) is 3.93. The summed E-state index contributed by atoms with van der Waals surface area (Å²) in [6.45, 7) is 0. The zero-order valence-corrected chi connectivity index (χ0v) is 13.1. The Balaban J connectivity index is 1.82. The number of thioether (sulfide) groups is 1. The Hall–Kier alpha value is -1.54. The molecule has 1 fully saturated rings. The summed E-state index contributed by atoms with van der Waals surface area (Å²) < 4.78 is 6.21. The van der Waals surface area contributed by atoms with Crippen LogP contribution in [-0.4, -0.2) is 11.1 Å². The molecule has 1 aromatic heterocycles. The maximum absolute atomic E-state index is 11.9. The number of hydrogen-bond acceptors (Lipinski definition) is 4. The van der Waals surface area contributed by atoms with Gasteiger partial charge in [-0.05, 0) is 58.6 Å². The minimum atomic E-state index is -0.156. The number of aliphatic imine (C=N–C) groups is 1. The van der Waals surface area contributed by atoms with E-state index in [1.807, 2.05) is 42.5 Å². The van der Waals surface area contributed by atoms with Crippen LogP contribution in [0.1, 0.15) is 5.76 Å². The van der Waals surface area contributed by atoms with Crippen LogP contribution < -0.4 is 5.32 Å². The Bertz CT molecular complexity index is 707. The monoisotopic (exact) mass is 396 g/mol. The summed E-state index contributed by atoms with van der Waals surface area (Å²) in [6.07, 6.45) is 1.72. The predicted molar refractivity (Wildman–Crippen MR) is 88.7 cm³/mol. The zero-order valence-electron chi connectivity index (χ0n) is 10.2. The van der Waals surface area contributed by atoms with Gasteiger partial charge in [0.15, 0.2) is 8.93 Å². The van der Waals surface area contributed by atoms with Gasteiger partial charge in [-0.3, -0.25) is 4.79 Å². The fourth-order valence-corrected chi connectivity index (χ4v) is 2.89. The number of carbonyl (C=O) groups is 1. The number of nitrogens with zero attached hydrogens (tertiary/aromatic N) is 1. The van der Waals surface area contributed by atoms with Crippen LogP contribution in [0, 0.1) is 3.77 Å². The fourth-order valence-electron chi connectivity index (χ4n) is 1.64. The number of rotatable bonds is 2. The molecule has 0 radical (unpaired) electrons. The molecule has 1 aromatic carbocycles. The van der Waals surface area contributed by atoms with Crippen LogP contribution in [-0.2, 0) is 4.79 Å². The van der Waals surface area contributed by atoms with Gasteiger partial charge in [0.2, 0.25) is 0 Å². The average molecular weight is 396 g/mol. The van der Waals surface area contributed by atoms with Gasteiger partial charge in [0.25, 0.3) is 5.91 Å². The van der Waals surface area contributed by atoms with E-state index in [4.69, 9.17) is 4.42 Å². The molecular weight excluding hydrogens is 387 g/mol. The van der Waals surface area contributed by atoms with Gasteiger partial charge in [0.1, 0.15) is 5.76 Å². The van der Waals surface area contributed by atoms with Crippen molar-refractivity contribution in [3.8, 4) is 0 Å². The number of amidine groups is 1. The summed E-state index contributed by atoms with van der Waals surface area (Å²) in [5.74, 6) is 0.504. The first-order valence-electron chi connectivity index (χ1n) is 5.81. The van der Waals surface area contributed by atoms with Gasteiger partial charge in [-0.2, -0.15) is 0 Å². The number of halogens is 1. The van der Waals surface area contributed by atoms with Gasteiger partial charge in [-0.1, -0.05) is 18.2 Å². The van der Waals surface area contributed by atoms with E-state index in [0.717, 1.165) is 9.45 Å². The van der Waals surface area contributed by atoms with Gasteiger partial charge in [0.05, 0.1) is 10.6 Å². The molecule has 0 aliphatic carbocycles. The molecule has 2 heterocycles. The van der Waals surface area contributed by atoms with Gasteiger partial charge in [-0.15, -0.1) is 0 Å². The SMILES string of the molecule is O=C1NC(=Nc2ccccc2)S/C1=C\c1ccc(I)o1. The zero-order chi connectivity index (χ0) is 13.9. The quantitative estimate of drug-likeness (QED) is 0.621. The molecule has 1 saturated heterocycles. The van der Waals surface area contributed by atoms with E-state index in [0.29, 0.717) is 15.8 Å². The highest BCUT2D eigenvalue weighted by Crippen LogP contribution is 2.28. The molecule has 4 nitrogen and oxygen atoms in total. The average Bonchev–Trinajstić information content (AvgIpc) is 2.98. The van der Waals surface area contributed by atoms with Crippen LogP contribution in [0.4, 0.5) is 5.69 Å². The summed E-state index contributed by atoms with van der Waals surface area (Å²) in [7, 11) is 0. The minimum Gasteiger partial charge on any atom is -0.451 e. The largest absolute Gasteiger partial charge is 0.451 e. The minimum absolute atomic E-state index is 0.156. The molecule has 0 unspecified atom stereocenters. The lowest BCUT2D eigenvalue weighted by molar-refractivity contribution is -0.115. The Morgan fingerprint density at radius 1 is 1.20 bits per heavy atom. The first-order valence-corrected chi connectivity index (χ1v) is 7.70. The molecule has 0 spiro atoms. The van der Waals surface area contributed by atoms with E-state index in [1.54, 1.807) is 6.08 Å². The standard InChI is InChI=1S/C14H9IN2O2S/c15-12-7-6-10(19-12)8-11-13(18)17-14(20-11)16-9-4-2-1-3-5-9/h1-8H,(H,16,17,18)/b11-8-. The number of benzene rings is 1. The molecule has 6 heteroatoms. The Labute approximate surface area is 133 Å². The summed E-state index contributed by atoms with van der Waals surface area (Å²) in [5.41, 5.74) is 0.809. The first-order chi connectivity index (χ1) is 9.70. The highest BCUT2D eigenvalue weighted by atomic mass is 127. The second kappa shape index (κ2) is 5.84. The third-order valence-electron chi connectivity index (χ3n) is 2.51. The van der Waals surface area contributed by atoms with E-state index in [1.165, 1.54) is 11.8 Å². The van der Waals surface area contributed by atoms with Crippen molar-refractivity contribution in [3.63, 3.8) is 0 Å². The van der Waals surface area contributed by atoms with E-state index in [-0.39, 0.29) is 5.91 Å². The van der Waals surface area contributed by atoms with E-state index >= 15 is 0 Å². The lowest BCUT2D eigenvalue weighted by Gasteiger charge is -1.94. The van der Waals surface area contributed by atoms with Crippen molar-refractivity contribution in [3.05, 3.63) is 56.9 Å². The van der Waals surface area contributed by atoms with Gasteiger partial charge >= 0.3 is 0 Å². The summed E-state index contributed by atoms with van der Waals surface area (Å²) in [4.78, 5) is 16.8. The molecule has 1 aliphatic rings. The van der Waals surface area contributed by atoms with Crippen LogP contribution in [0.5, 0.6) is 0 Å². The Morgan fingerprint density at radius 2 is 2.00 bits per heavy atom. The molecule has 1 amide bonds. The number of carbonyl (C=O) groups excluding carboxylic acids is 1. The van der Waals surface area contributed by atoms with E-state index in [9.17, 15) is 4.79 Å². The van der Waals surface area contributed by atoms with Crippen LogP contribution in [0.2, 0.25) is 0 Å². The molecule has 1 N–H and O–H groups in total. The van der Waals surface area contributed by atoms with Crippen molar-refractivity contribution in [1.82, 2.24) is 5.32 Å². The number of nitrogens with one attached hydrogen (secondary N) is 1. The second-order valence-corrected chi connectivity index (χ2v) is 6.05. The third kappa shape index (κ3) is 3.13. The third-order valence-corrected chi connectivity index (χ3v) is 3.99. The highest BCUT2D eigenvalue weighted by molar-refractivity contribution is 14.1. The lowest BCUT2D eigenvalue weighted by Crippen LogP contribution is -2.19. The normalized spacial score (nSPS) is 18.8. The fraction of sp³-hybridized carbons (Fsp3) is 0. The van der Waals surface area contributed by atoms with Crippen LogP contribution in [0.25, 0.3) is 6.08 Å². The molecule has 20 heavy (non-hydrogen) atoms. The van der Waals surface area contributed by atoms with E-state index < -0.39 is 0 Å². The van der Waals surface area contributed by atoms with Gasteiger partial charge < -0.3 is 9.73 Å². The number of hydrogen-bond donors (Lipinski definition) is 1. The summed E-state index contributed by atoms with van der Waals surface area (Å²) >= 11 is 3.39. The lowest BCUT2D eigenvalue weighted by atomic mass is 10.3. The number of amides is 1. The second-order valence-electron chi connectivity index (χ2n) is 3.96. The first kappa shape index (κ1) is 13.4. The number of furan rings is 1.